The third-order valence-corrected chi connectivity index (χ3v) is 6.75. The monoisotopic (exact) mass is 458 g/mol. The van der Waals surface area contributed by atoms with E-state index in [1.165, 1.54) is 24.1 Å². The molecule has 0 spiro atoms. The van der Waals surface area contributed by atoms with Gasteiger partial charge in [0.05, 0.1) is 17.7 Å². The lowest BCUT2D eigenvalue weighted by molar-refractivity contribution is -0.128. The average Bonchev–Trinajstić information content (AvgIpc) is 2.79. The van der Waals surface area contributed by atoms with E-state index in [0.29, 0.717) is 23.0 Å². The maximum atomic E-state index is 13.4. The molecular weight excluding hydrogens is 436 g/mol. The smallest absolute Gasteiger partial charge is 0.264 e. The number of hydrogen-bond acceptors (Lipinski definition) is 4. The molecule has 0 aliphatic rings. The molecule has 0 aromatic heterocycles. The topological polar surface area (TPSA) is 66.9 Å². The lowest BCUT2D eigenvalue weighted by atomic mass is 10.2. The third-order valence-electron chi connectivity index (χ3n) is 4.72. The number of nitrogens with zero attached hydrogens (tertiary/aromatic N) is 2. The van der Waals surface area contributed by atoms with Gasteiger partial charge in [-0.25, -0.2) is 8.42 Å². The standard InChI is InChI=1S/C23H23ClN2O4S/c1-25(16-18-12-14-19(24)15-13-18)23(27)17-26(21-10-6-7-11-22(21)30-2)31(28,29)20-8-4-3-5-9-20/h3-15H,16-17H2,1-2H3. The van der Waals surface area contributed by atoms with Crippen LogP contribution in [0.1, 0.15) is 5.56 Å². The number of para-hydroxylation sites is 2. The Morgan fingerprint density at radius 3 is 2.19 bits per heavy atom. The number of carbonyl (C=O) groups is 1. The number of amides is 1. The van der Waals surface area contributed by atoms with Crippen molar-refractivity contribution in [2.75, 3.05) is 25.0 Å². The van der Waals surface area contributed by atoms with Gasteiger partial charge in [-0.1, -0.05) is 54.1 Å². The third kappa shape index (κ3) is 5.37. The van der Waals surface area contributed by atoms with Crippen LogP contribution in [-0.4, -0.2) is 39.9 Å². The van der Waals surface area contributed by atoms with Crippen molar-refractivity contribution >= 4 is 33.2 Å². The first kappa shape index (κ1) is 22.7. The minimum Gasteiger partial charge on any atom is -0.495 e. The first-order valence-corrected chi connectivity index (χ1v) is 11.3. The van der Waals surface area contributed by atoms with Gasteiger partial charge in [-0.05, 0) is 42.0 Å². The number of anilines is 1. The van der Waals surface area contributed by atoms with Crippen LogP contribution in [0.15, 0.2) is 83.8 Å². The highest BCUT2D eigenvalue weighted by Gasteiger charge is 2.30. The summed E-state index contributed by atoms with van der Waals surface area (Å²) in [5, 5.41) is 0.606. The zero-order valence-corrected chi connectivity index (χ0v) is 18.8. The van der Waals surface area contributed by atoms with Gasteiger partial charge >= 0.3 is 0 Å². The van der Waals surface area contributed by atoms with Crippen LogP contribution >= 0.6 is 11.6 Å². The van der Waals surface area contributed by atoms with E-state index in [4.69, 9.17) is 16.3 Å². The number of likely N-dealkylation sites (N-methyl/N-ethyl adjacent to an activating group) is 1. The first-order valence-electron chi connectivity index (χ1n) is 9.52. The van der Waals surface area contributed by atoms with E-state index in [-0.39, 0.29) is 17.3 Å². The van der Waals surface area contributed by atoms with Gasteiger partial charge in [0.25, 0.3) is 10.0 Å². The summed E-state index contributed by atoms with van der Waals surface area (Å²) >= 11 is 5.92. The lowest BCUT2D eigenvalue weighted by Gasteiger charge is -2.27. The van der Waals surface area contributed by atoms with Crippen LogP contribution in [0.5, 0.6) is 5.75 Å². The summed E-state index contributed by atoms with van der Waals surface area (Å²) in [4.78, 5) is 14.6. The maximum absolute atomic E-state index is 13.4. The highest BCUT2D eigenvalue weighted by atomic mass is 35.5. The summed E-state index contributed by atoms with van der Waals surface area (Å²) in [6.07, 6.45) is 0. The average molecular weight is 459 g/mol. The Kier molecular flexibility index (Phi) is 7.20. The molecule has 3 aromatic carbocycles. The summed E-state index contributed by atoms with van der Waals surface area (Å²) in [6.45, 7) is -0.0527. The van der Waals surface area contributed by atoms with Crippen LogP contribution in [0.2, 0.25) is 5.02 Å². The molecule has 1 amide bonds. The molecule has 162 valence electrons. The Morgan fingerprint density at radius 1 is 0.935 bits per heavy atom. The maximum Gasteiger partial charge on any atom is 0.264 e. The SMILES string of the molecule is COc1ccccc1N(CC(=O)N(C)Cc1ccc(Cl)cc1)S(=O)(=O)c1ccccc1. The first-order chi connectivity index (χ1) is 14.8. The van der Waals surface area contributed by atoms with Gasteiger partial charge in [0.15, 0.2) is 0 Å². The van der Waals surface area contributed by atoms with Gasteiger partial charge in [-0.3, -0.25) is 9.10 Å². The number of hydrogen-bond donors (Lipinski definition) is 0. The van der Waals surface area contributed by atoms with Crippen LogP contribution in [0.25, 0.3) is 0 Å². The molecule has 0 saturated carbocycles. The van der Waals surface area contributed by atoms with Gasteiger partial charge in [0.2, 0.25) is 5.91 Å². The molecule has 31 heavy (non-hydrogen) atoms. The Bertz CT molecular complexity index is 1140. The van der Waals surface area contributed by atoms with Crippen molar-refractivity contribution in [3.8, 4) is 5.75 Å². The summed E-state index contributed by atoms with van der Waals surface area (Å²) in [6, 6.07) is 21.9. The van der Waals surface area contributed by atoms with Crippen LogP contribution in [0, 0.1) is 0 Å². The Balaban J connectivity index is 1.93. The molecule has 0 saturated heterocycles. The Morgan fingerprint density at radius 2 is 1.55 bits per heavy atom. The van der Waals surface area contributed by atoms with Crippen LogP contribution in [0.4, 0.5) is 5.69 Å². The second-order valence-corrected chi connectivity index (χ2v) is 9.17. The minimum atomic E-state index is -4.01. The predicted molar refractivity (Wildman–Crippen MR) is 122 cm³/mol. The molecule has 3 aromatic rings. The highest BCUT2D eigenvalue weighted by molar-refractivity contribution is 7.92. The fourth-order valence-corrected chi connectivity index (χ4v) is 4.62. The zero-order valence-electron chi connectivity index (χ0n) is 17.2. The fourth-order valence-electron chi connectivity index (χ4n) is 3.05. The highest BCUT2D eigenvalue weighted by Crippen LogP contribution is 2.32. The normalized spacial score (nSPS) is 11.1. The number of rotatable bonds is 8. The second-order valence-electron chi connectivity index (χ2n) is 6.87. The fraction of sp³-hybridized carbons (Fsp3) is 0.174. The molecule has 0 unspecified atom stereocenters. The van der Waals surface area contributed by atoms with Gasteiger partial charge in [0.1, 0.15) is 12.3 Å². The summed E-state index contributed by atoms with van der Waals surface area (Å²) in [7, 11) is -0.915. The van der Waals surface area contributed by atoms with Crippen LogP contribution in [0.3, 0.4) is 0 Å². The largest absolute Gasteiger partial charge is 0.495 e. The van der Waals surface area contributed by atoms with Crippen molar-refractivity contribution in [2.45, 2.75) is 11.4 Å². The quantitative estimate of drug-likeness (QED) is 0.507. The molecule has 0 bridgehead atoms. The Hall–Kier alpha value is -3.03. The molecule has 0 radical (unpaired) electrons. The van der Waals surface area contributed by atoms with Gasteiger partial charge < -0.3 is 9.64 Å². The molecular formula is C23H23ClN2O4S. The number of methoxy groups -OCH3 is 1. The van der Waals surface area contributed by atoms with Crippen molar-refractivity contribution in [3.05, 3.63) is 89.4 Å². The lowest BCUT2D eigenvalue weighted by Crippen LogP contribution is -2.41. The van der Waals surface area contributed by atoms with Gasteiger partial charge in [-0.2, -0.15) is 0 Å². The molecule has 6 nitrogen and oxygen atoms in total. The van der Waals surface area contributed by atoms with E-state index in [1.54, 1.807) is 61.6 Å². The van der Waals surface area contributed by atoms with Crippen molar-refractivity contribution < 1.29 is 17.9 Å². The summed E-state index contributed by atoms with van der Waals surface area (Å²) in [5.41, 5.74) is 1.18. The Labute approximate surface area is 187 Å². The molecule has 0 aliphatic heterocycles. The van der Waals surface area contributed by atoms with E-state index in [9.17, 15) is 13.2 Å². The van der Waals surface area contributed by atoms with Gasteiger partial charge in [0, 0.05) is 18.6 Å². The van der Waals surface area contributed by atoms with E-state index >= 15 is 0 Å². The zero-order chi connectivity index (χ0) is 22.4. The molecule has 0 heterocycles. The summed E-state index contributed by atoms with van der Waals surface area (Å²) in [5.74, 6) is -0.00415. The van der Waals surface area contributed by atoms with Gasteiger partial charge in [-0.15, -0.1) is 0 Å². The summed E-state index contributed by atoms with van der Waals surface area (Å²) < 4.78 is 33.3. The van der Waals surface area contributed by atoms with Crippen LogP contribution in [-0.2, 0) is 21.4 Å². The molecule has 0 fully saturated rings. The number of benzene rings is 3. The van der Waals surface area contributed by atoms with Crippen molar-refractivity contribution in [1.29, 1.82) is 0 Å². The predicted octanol–water partition coefficient (Wildman–Crippen LogP) is 4.20. The number of halogens is 1. The van der Waals surface area contributed by atoms with Crippen molar-refractivity contribution in [1.82, 2.24) is 4.90 Å². The molecule has 8 heteroatoms. The molecule has 0 atom stereocenters. The van der Waals surface area contributed by atoms with E-state index in [1.807, 2.05) is 12.1 Å². The van der Waals surface area contributed by atoms with Crippen molar-refractivity contribution in [2.24, 2.45) is 0 Å². The minimum absolute atomic E-state index is 0.0917. The molecule has 3 rings (SSSR count). The van der Waals surface area contributed by atoms with E-state index in [2.05, 4.69) is 0 Å². The van der Waals surface area contributed by atoms with E-state index < -0.39 is 10.0 Å². The second kappa shape index (κ2) is 9.85. The molecule has 0 aliphatic carbocycles. The number of sulfonamides is 1. The molecule has 0 N–H and O–H groups in total. The van der Waals surface area contributed by atoms with E-state index in [0.717, 1.165) is 9.87 Å². The van der Waals surface area contributed by atoms with Crippen molar-refractivity contribution in [3.63, 3.8) is 0 Å². The number of ether oxygens (including phenoxy) is 1. The van der Waals surface area contributed by atoms with Crippen LogP contribution < -0.4 is 9.04 Å². The number of carbonyl (C=O) groups excluding carboxylic acids is 1.